The van der Waals surface area contributed by atoms with Crippen LogP contribution in [0.2, 0.25) is 0 Å². The molecular formula is C17H30Cl3N3O. The molecule has 4 nitrogen and oxygen atoms in total. The third-order valence-corrected chi connectivity index (χ3v) is 4.82. The molecule has 2 aliphatic rings. The molecule has 0 atom stereocenters. The van der Waals surface area contributed by atoms with Crippen molar-refractivity contribution in [3.05, 3.63) is 18.2 Å². The molecule has 0 amide bonds. The van der Waals surface area contributed by atoms with Crippen LogP contribution in [0, 0.1) is 0 Å². The number of anilines is 2. The second kappa shape index (κ2) is 10.4. The lowest BCUT2D eigenvalue weighted by Crippen LogP contribution is -2.48. The maximum Gasteiger partial charge on any atom is 0.139 e. The summed E-state index contributed by atoms with van der Waals surface area (Å²) >= 11 is 0. The number of phenolic OH excluding ortho intramolecular Hbond substituents is 1. The topological polar surface area (TPSA) is 30.0 Å². The van der Waals surface area contributed by atoms with Gasteiger partial charge >= 0.3 is 0 Å². The molecule has 0 aromatic heterocycles. The van der Waals surface area contributed by atoms with Gasteiger partial charge < -0.3 is 14.9 Å². The number of piperazine rings is 1. The molecule has 2 aliphatic heterocycles. The van der Waals surface area contributed by atoms with Crippen LogP contribution in [0.1, 0.15) is 26.7 Å². The van der Waals surface area contributed by atoms with Gasteiger partial charge in [0.25, 0.3) is 0 Å². The first-order valence-electron chi connectivity index (χ1n) is 8.22. The Morgan fingerprint density at radius 1 is 0.833 bits per heavy atom. The summed E-state index contributed by atoms with van der Waals surface area (Å²) in [5, 5.41) is 10.2. The van der Waals surface area contributed by atoms with Gasteiger partial charge in [-0.15, -0.1) is 37.2 Å². The van der Waals surface area contributed by atoms with Crippen LogP contribution >= 0.6 is 37.2 Å². The third kappa shape index (κ3) is 5.22. The van der Waals surface area contributed by atoms with E-state index in [0.717, 1.165) is 45.0 Å². The Hall–Kier alpha value is -0.550. The van der Waals surface area contributed by atoms with Crippen molar-refractivity contribution in [3.63, 3.8) is 0 Å². The Morgan fingerprint density at radius 3 is 1.96 bits per heavy atom. The first-order valence-corrected chi connectivity index (χ1v) is 8.22. The average molecular weight is 399 g/mol. The molecule has 2 saturated heterocycles. The van der Waals surface area contributed by atoms with Crippen molar-refractivity contribution in [1.82, 2.24) is 4.90 Å². The molecule has 1 aromatic rings. The lowest BCUT2D eigenvalue weighted by molar-refractivity contribution is 0.209. The molecule has 24 heavy (non-hydrogen) atoms. The number of phenols is 1. The molecule has 3 rings (SSSR count). The smallest absolute Gasteiger partial charge is 0.139 e. The van der Waals surface area contributed by atoms with Crippen LogP contribution in [-0.4, -0.2) is 55.3 Å². The summed E-state index contributed by atoms with van der Waals surface area (Å²) in [6.45, 7) is 10.9. The summed E-state index contributed by atoms with van der Waals surface area (Å²) in [4.78, 5) is 7.25. The van der Waals surface area contributed by atoms with Crippen molar-refractivity contribution in [2.45, 2.75) is 32.7 Å². The molecule has 0 spiro atoms. The molecule has 1 aromatic carbocycles. The Bertz CT molecular complexity index is 488. The highest BCUT2D eigenvalue weighted by atomic mass is 35.5. The minimum absolute atomic E-state index is 0. The van der Waals surface area contributed by atoms with Gasteiger partial charge in [0.15, 0.2) is 0 Å². The lowest BCUT2D eigenvalue weighted by Gasteiger charge is -2.38. The zero-order valence-electron chi connectivity index (χ0n) is 14.5. The van der Waals surface area contributed by atoms with Gasteiger partial charge in [0, 0.05) is 51.0 Å². The predicted molar refractivity (Wildman–Crippen MR) is 110 cm³/mol. The van der Waals surface area contributed by atoms with E-state index in [1.807, 2.05) is 6.07 Å². The van der Waals surface area contributed by atoms with Gasteiger partial charge in [-0.1, -0.05) is 0 Å². The van der Waals surface area contributed by atoms with Crippen LogP contribution in [0.5, 0.6) is 5.75 Å². The van der Waals surface area contributed by atoms with Gasteiger partial charge in [-0.25, -0.2) is 0 Å². The molecular weight excluding hydrogens is 369 g/mol. The third-order valence-electron chi connectivity index (χ3n) is 4.82. The zero-order chi connectivity index (χ0) is 14.8. The van der Waals surface area contributed by atoms with Gasteiger partial charge in [-0.05, 0) is 44.9 Å². The fourth-order valence-electron chi connectivity index (χ4n) is 3.42. The number of halogens is 3. The fourth-order valence-corrected chi connectivity index (χ4v) is 3.42. The first-order chi connectivity index (χ1) is 10.1. The zero-order valence-corrected chi connectivity index (χ0v) is 16.9. The molecule has 2 fully saturated rings. The van der Waals surface area contributed by atoms with Crippen molar-refractivity contribution < 1.29 is 5.11 Å². The lowest BCUT2D eigenvalue weighted by atomic mass is 10.2. The molecule has 0 unspecified atom stereocenters. The molecule has 2 heterocycles. The van der Waals surface area contributed by atoms with Crippen LogP contribution in [0.15, 0.2) is 18.2 Å². The largest absolute Gasteiger partial charge is 0.506 e. The van der Waals surface area contributed by atoms with E-state index in [1.165, 1.54) is 18.5 Å². The van der Waals surface area contributed by atoms with Crippen molar-refractivity contribution in [2.75, 3.05) is 49.1 Å². The molecule has 140 valence electrons. The highest BCUT2D eigenvalue weighted by Gasteiger charge is 2.22. The summed E-state index contributed by atoms with van der Waals surface area (Å²) in [6.07, 6.45) is 2.56. The molecule has 7 heteroatoms. The van der Waals surface area contributed by atoms with Crippen molar-refractivity contribution in [1.29, 1.82) is 0 Å². The molecule has 0 aliphatic carbocycles. The van der Waals surface area contributed by atoms with Gasteiger partial charge in [-0.2, -0.15) is 0 Å². The van der Waals surface area contributed by atoms with Crippen LogP contribution in [0.25, 0.3) is 0 Å². The number of benzene rings is 1. The van der Waals surface area contributed by atoms with E-state index in [-0.39, 0.29) is 37.2 Å². The van der Waals surface area contributed by atoms with Gasteiger partial charge in [0.1, 0.15) is 5.75 Å². The van der Waals surface area contributed by atoms with Gasteiger partial charge in [0.2, 0.25) is 0 Å². The van der Waals surface area contributed by atoms with Crippen LogP contribution in [-0.2, 0) is 0 Å². The number of hydrogen-bond acceptors (Lipinski definition) is 4. The second-order valence-electron chi connectivity index (χ2n) is 6.48. The summed E-state index contributed by atoms with van der Waals surface area (Å²) < 4.78 is 0. The van der Waals surface area contributed by atoms with E-state index >= 15 is 0 Å². The monoisotopic (exact) mass is 397 g/mol. The molecule has 1 N–H and O–H groups in total. The summed E-state index contributed by atoms with van der Waals surface area (Å²) in [6, 6.07) is 6.69. The quantitative estimate of drug-likeness (QED) is 0.839. The van der Waals surface area contributed by atoms with E-state index in [4.69, 9.17) is 0 Å². The van der Waals surface area contributed by atoms with Gasteiger partial charge in [-0.3, -0.25) is 4.90 Å². The summed E-state index contributed by atoms with van der Waals surface area (Å²) in [5.41, 5.74) is 2.26. The minimum atomic E-state index is 0. The highest BCUT2D eigenvalue weighted by Crippen LogP contribution is 2.33. The van der Waals surface area contributed by atoms with Crippen LogP contribution in [0.3, 0.4) is 0 Å². The van der Waals surface area contributed by atoms with Crippen molar-refractivity contribution in [2.24, 2.45) is 0 Å². The standard InChI is InChI=1S/C17H27N3O.3ClH/c1-14(2)18-9-11-20(12-10-18)16-13-15(5-6-17(16)21)19-7-3-4-8-19;;;/h5-6,13-14,21H,3-4,7-12H2,1-2H3;3*1H. The molecule has 0 radical (unpaired) electrons. The normalized spacial score (nSPS) is 18.0. The van der Waals surface area contributed by atoms with E-state index in [2.05, 4.69) is 40.7 Å². The van der Waals surface area contributed by atoms with E-state index in [0.29, 0.717) is 11.8 Å². The molecule has 0 saturated carbocycles. The van der Waals surface area contributed by atoms with Crippen LogP contribution in [0.4, 0.5) is 11.4 Å². The molecule has 0 bridgehead atoms. The summed E-state index contributed by atoms with van der Waals surface area (Å²) in [7, 11) is 0. The average Bonchev–Trinajstić information content (AvgIpc) is 3.02. The predicted octanol–water partition coefficient (Wildman–Crippen LogP) is 3.79. The Morgan fingerprint density at radius 2 is 1.42 bits per heavy atom. The Balaban J connectivity index is 0.00000176. The second-order valence-corrected chi connectivity index (χ2v) is 6.48. The Kier molecular flexibility index (Phi) is 10.2. The minimum Gasteiger partial charge on any atom is -0.506 e. The van der Waals surface area contributed by atoms with Crippen LogP contribution < -0.4 is 9.80 Å². The van der Waals surface area contributed by atoms with Gasteiger partial charge in [0.05, 0.1) is 5.69 Å². The number of rotatable bonds is 3. The number of nitrogens with zero attached hydrogens (tertiary/aromatic N) is 3. The fraction of sp³-hybridized carbons (Fsp3) is 0.647. The van der Waals surface area contributed by atoms with Crippen molar-refractivity contribution >= 4 is 48.6 Å². The summed E-state index contributed by atoms with van der Waals surface area (Å²) in [5.74, 6) is 0.413. The number of hydrogen-bond donors (Lipinski definition) is 1. The maximum absolute atomic E-state index is 10.2. The maximum atomic E-state index is 10.2. The van der Waals surface area contributed by atoms with E-state index < -0.39 is 0 Å². The Labute approximate surface area is 164 Å². The van der Waals surface area contributed by atoms with Crippen molar-refractivity contribution in [3.8, 4) is 5.75 Å². The number of aromatic hydroxyl groups is 1. The van der Waals surface area contributed by atoms with E-state index in [1.54, 1.807) is 0 Å². The first kappa shape index (κ1) is 23.4. The SMILES string of the molecule is CC(C)N1CCN(c2cc(N3CCCC3)ccc2O)CC1.Cl.Cl.Cl. The van der Waals surface area contributed by atoms with E-state index in [9.17, 15) is 5.11 Å². The highest BCUT2D eigenvalue weighted by molar-refractivity contribution is 5.86.